The van der Waals surface area contributed by atoms with Crippen LogP contribution in [0.25, 0.3) is 0 Å². The summed E-state index contributed by atoms with van der Waals surface area (Å²) < 4.78 is 73.9. The van der Waals surface area contributed by atoms with Gasteiger partial charge in [0, 0.05) is 18.2 Å². The predicted octanol–water partition coefficient (Wildman–Crippen LogP) is 7.51. The van der Waals surface area contributed by atoms with E-state index in [4.69, 9.17) is 4.74 Å². The second kappa shape index (κ2) is 15.8. The number of unbranched alkanes of at least 4 members (excludes halogenated alkanes) is 7. The van der Waals surface area contributed by atoms with E-state index in [0.717, 1.165) is 38.0 Å². The second-order valence-corrected chi connectivity index (χ2v) is 14.2. The van der Waals surface area contributed by atoms with E-state index in [1.54, 1.807) is 0 Å². The van der Waals surface area contributed by atoms with Crippen LogP contribution in [0, 0.1) is 40.6 Å². The maximum absolute atomic E-state index is 14.1. The highest BCUT2D eigenvalue weighted by molar-refractivity contribution is 7.99. The highest BCUT2D eigenvalue weighted by Crippen LogP contribution is 2.20. The Hall–Kier alpha value is -1.04. The number of thioether (sulfide) groups is 1. The monoisotopic (exact) mass is 508 g/mol. The van der Waals surface area contributed by atoms with Crippen LogP contribution < -0.4 is 5.19 Å². The third kappa shape index (κ3) is 10.8. The van der Waals surface area contributed by atoms with E-state index in [0.29, 0.717) is 12.5 Å². The number of hydrogen-bond donors (Lipinski definition) is 0. The van der Waals surface area contributed by atoms with E-state index in [1.807, 2.05) is 11.8 Å². The Bertz CT molecular complexity index is 760. The van der Waals surface area contributed by atoms with Gasteiger partial charge in [0.15, 0.2) is 31.3 Å². The fourth-order valence-corrected chi connectivity index (χ4v) is 6.33. The van der Waals surface area contributed by atoms with Crippen LogP contribution in [0.1, 0.15) is 71.6 Å². The summed E-state index contributed by atoms with van der Waals surface area (Å²) in [6, 6.07) is 0. The van der Waals surface area contributed by atoms with Crippen LogP contribution in [0.4, 0.5) is 22.0 Å². The summed E-state index contributed by atoms with van der Waals surface area (Å²) in [6.45, 7) is 7.93. The summed E-state index contributed by atoms with van der Waals surface area (Å²) in [5.41, 5.74) is 2.82. The van der Waals surface area contributed by atoms with Gasteiger partial charge in [-0.15, -0.1) is 11.5 Å². The summed E-state index contributed by atoms with van der Waals surface area (Å²) >= 11 is 1.99. The SMILES string of the molecule is CC(C)OCCCSCCCCCCCCCC#C[Si](C)(C)c1c(F)c(F)c(F)c(F)c1F. The lowest BCUT2D eigenvalue weighted by Gasteiger charge is -2.18. The smallest absolute Gasteiger partial charge is 0.200 e. The summed E-state index contributed by atoms with van der Waals surface area (Å²) in [5.74, 6) is -4.19. The highest BCUT2D eigenvalue weighted by Gasteiger charge is 2.35. The van der Waals surface area contributed by atoms with Crippen molar-refractivity contribution in [1.82, 2.24) is 0 Å². The molecular weight excluding hydrogens is 471 g/mol. The first-order chi connectivity index (χ1) is 15.6. The Morgan fingerprint density at radius 2 is 1.21 bits per heavy atom. The van der Waals surface area contributed by atoms with Gasteiger partial charge in [0.25, 0.3) is 0 Å². The highest BCUT2D eigenvalue weighted by atomic mass is 32.2. The summed E-state index contributed by atoms with van der Waals surface area (Å²) in [7, 11) is -3.13. The molecule has 0 saturated carbocycles. The van der Waals surface area contributed by atoms with E-state index in [1.165, 1.54) is 44.5 Å². The molecule has 0 spiro atoms. The Morgan fingerprint density at radius 3 is 1.79 bits per heavy atom. The van der Waals surface area contributed by atoms with E-state index >= 15 is 0 Å². The van der Waals surface area contributed by atoms with Crippen molar-refractivity contribution in [2.45, 2.75) is 90.8 Å². The van der Waals surface area contributed by atoms with Crippen molar-refractivity contribution in [3.8, 4) is 11.5 Å². The molecule has 0 N–H and O–H groups in total. The molecule has 0 radical (unpaired) electrons. The van der Waals surface area contributed by atoms with Crippen LogP contribution in [-0.2, 0) is 4.74 Å². The molecule has 1 aromatic rings. The summed E-state index contributed by atoms with van der Waals surface area (Å²) in [4.78, 5) is 0. The predicted molar refractivity (Wildman–Crippen MR) is 131 cm³/mol. The Morgan fingerprint density at radius 1 is 0.727 bits per heavy atom. The van der Waals surface area contributed by atoms with Gasteiger partial charge in [0.2, 0.25) is 5.82 Å². The lowest BCUT2D eigenvalue weighted by atomic mass is 10.1. The van der Waals surface area contributed by atoms with Crippen molar-refractivity contribution >= 4 is 25.0 Å². The van der Waals surface area contributed by atoms with Gasteiger partial charge in [-0.05, 0) is 44.6 Å². The Labute approximate surface area is 201 Å². The van der Waals surface area contributed by atoms with Gasteiger partial charge in [-0.3, -0.25) is 0 Å². The van der Waals surface area contributed by atoms with Gasteiger partial charge >= 0.3 is 0 Å². The molecule has 0 fully saturated rings. The molecule has 1 aromatic carbocycles. The van der Waals surface area contributed by atoms with Gasteiger partial charge in [-0.2, -0.15) is 11.8 Å². The zero-order chi connectivity index (χ0) is 24.9. The quantitative estimate of drug-likeness (QED) is 0.0605. The van der Waals surface area contributed by atoms with E-state index in [-0.39, 0.29) is 0 Å². The van der Waals surface area contributed by atoms with Gasteiger partial charge in [0.1, 0.15) is 0 Å². The summed E-state index contributed by atoms with van der Waals surface area (Å²) in [5, 5.41) is -0.742. The van der Waals surface area contributed by atoms with Crippen molar-refractivity contribution in [3.63, 3.8) is 0 Å². The molecule has 0 heterocycles. The molecule has 33 heavy (non-hydrogen) atoms. The molecule has 0 bridgehead atoms. The van der Waals surface area contributed by atoms with E-state index in [9.17, 15) is 22.0 Å². The zero-order valence-electron chi connectivity index (χ0n) is 20.3. The number of halogens is 5. The third-order valence-electron chi connectivity index (χ3n) is 5.21. The fraction of sp³-hybridized carbons (Fsp3) is 0.680. The maximum atomic E-state index is 14.1. The Kier molecular flexibility index (Phi) is 14.3. The van der Waals surface area contributed by atoms with Crippen LogP contribution in [0.3, 0.4) is 0 Å². The largest absolute Gasteiger partial charge is 0.379 e. The lowest BCUT2D eigenvalue weighted by Crippen LogP contribution is -2.46. The molecule has 0 saturated heterocycles. The van der Waals surface area contributed by atoms with Gasteiger partial charge in [-0.25, -0.2) is 22.0 Å². The molecule has 1 rings (SSSR count). The summed E-state index contributed by atoms with van der Waals surface area (Å²) in [6.07, 6.45) is 9.81. The molecule has 0 amide bonds. The van der Waals surface area contributed by atoms with Crippen molar-refractivity contribution in [3.05, 3.63) is 29.1 Å². The first-order valence-electron chi connectivity index (χ1n) is 11.8. The minimum absolute atomic E-state index is 0.309. The number of rotatable bonds is 15. The van der Waals surface area contributed by atoms with Crippen molar-refractivity contribution in [1.29, 1.82) is 0 Å². The van der Waals surface area contributed by atoms with Crippen LogP contribution >= 0.6 is 11.8 Å². The van der Waals surface area contributed by atoms with E-state index < -0.39 is 42.3 Å². The minimum atomic E-state index is -3.13. The second-order valence-electron chi connectivity index (χ2n) is 8.98. The number of benzene rings is 1. The van der Waals surface area contributed by atoms with Crippen molar-refractivity contribution in [2.24, 2.45) is 0 Å². The number of ether oxygens (including phenoxy) is 1. The Balaban J connectivity index is 2.20. The van der Waals surface area contributed by atoms with E-state index in [2.05, 4.69) is 25.3 Å². The number of hydrogen-bond acceptors (Lipinski definition) is 2. The van der Waals surface area contributed by atoms with Gasteiger partial charge in [-0.1, -0.05) is 45.2 Å². The third-order valence-corrected chi connectivity index (χ3v) is 8.86. The maximum Gasteiger partial charge on any atom is 0.200 e. The molecular formula is C25H37F5OSSi. The first kappa shape index (κ1) is 30.0. The first-order valence-corrected chi connectivity index (χ1v) is 16.0. The molecule has 0 aromatic heterocycles. The molecule has 0 aliphatic carbocycles. The standard InChI is InChI=1S/C25H37F5OSSi/c1-19(2)31-15-14-17-32-16-12-10-8-6-5-7-9-11-13-18-33(3,4)25-23(29)21(27)20(26)22(28)24(25)30/h19H,5-12,14-17H2,1-4H3. The van der Waals surface area contributed by atoms with Crippen LogP contribution in [0.15, 0.2) is 0 Å². The molecule has 0 atom stereocenters. The van der Waals surface area contributed by atoms with Gasteiger partial charge < -0.3 is 4.74 Å². The molecule has 8 heteroatoms. The molecule has 0 aliphatic rings. The fourth-order valence-electron chi connectivity index (χ4n) is 3.38. The molecule has 0 unspecified atom stereocenters. The average molecular weight is 509 g/mol. The molecule has 188 valence electrons. The minimum Gasteiger partial charge on any atom is -0.379 e. The molecule has 1 nitrogen and oxygen atoms in total. The molecule has 0 aliphatic heterocycles. The van der Waals surface area contributed by atoms with Crippen molar-refractivity contribution < 1.29 is 26.7 Å². The van der Waals surface area contributed by atoms with Crippen LogP contribution in [0.2, 0.25) is 13.1 Å². The van der Waals surface area contributed by atoms with Crippen molar-refractivity contribution in [2.75, 3.05) is 18.1 Å². The zero-order valence-corrected chi connectivity index (χ0v) is 22.1. The van der Waals surface area contributed by atoms with Crippen LogP contribution in [0.5, 0.6) is 0 Å². The topological polar surface area (TPSA) is 9.23 Å². The lowest BCUT2D eigenvalue weighted by molar-refractivity contribution is 0.0800. The normalized spacial score (nSPS) is 11.7. The average Bonchev–Trinajstić information content (AvgIpc) is 2.75. The van der Waals surface area contributed by atoms with Gasteiger partial charge in [0.05, 0.1) is 6.10 Å². The van der Waals surface area contributed by atoms with Crippen LogP contribution in [-0.4, -0.2) is 32.3 Å².